The smallest absolute Gasteiger partial charge is 0.308 e. The molecule has 2 rings (SSSR count). The highest BCUT2D eigenvalue weighted by atomic mass is 35.5. The second kappa shape index (κ2) is 9.97. The molecule has 0 aliphatic rings. The lowest BCUT2D eigenvalue weighted by Crippen LogP contribution is -2.31. The van der Waals surface area contributed by atoms with Gasteiger partial charge in [-0.15, -0.1) is 0 Å². The molecule has 4 nitrogen and oxygen atoms in total. The molecule has 138 valence electrons. The molecule has 1 N–H and O–H groups in total. The van der Waals surface area contributed by atoms with Crippen molar-refractivity contribution in [2.45, 2.75) is 32.7 Å². The van der Waals surface area contributed by atoms with Gasteiger partial charge in [0.2, 0.25) is 0 Å². The van der Waals surface area contributed by atoms with Gasteiger partial charge >= 0.3 is 5.97 Å². The number of carbonyl (C=O) groups excluding carboxylic acids is 2. The molecule has 2 aromatic carbocycles. The van der Waals surface area contributed by atoms with Crippen LogP contribution in [0.15, 0.2) is 54.6 Å². The van der Waals surface area contributed by atoms with Crippen molar-refractivity contribution in [3.05, 3.63) is 70.7 Å². The number of halogens is 1. The lowest BCUT2D eigenvalue weighted by Gasteiger charge is -2.19. The first kappa shape index (κ1) is 20.0. The van der Waals surface area contributed by atoms with Crippen LogP contribution in [-0.4, -0.2) is 18.5 Å². The summed E-state index contributed by atoms with van der Waals surface area (Å²) in [6.45, 7) is 4.53. The minimum atomic E-state index is -0.480. The minimum absolute atomic E-state index is 0.0678. The molecular formula is C21H24ClNO3. The third-order valence-electron chi connectivity index (χ3n) is 3.95. The van der Waals surface area contributed by atoms with E-state index in [1.165, 1.54) is 0 Å². The van der Waals surface area contributed by atoms with Crippen LogP contribution in [0.5, 0.6) is 0 Å². The standard InChI is InChI=1S/C21H24ClNO3/c1-15(2)12-13-26-20(24)14-19(16-8-4-3-5-9-16)23-21(25)17-10-6-7-11-18(17)22/h3-11,15,19H,12-14H2,1-2H3,(H,23,25). The first-order valence-corrected chi connectivity index (χ1v) is 9.11. The molecule has 1 unspecified atom stereocenters. The van der Waals surface area contributed by atoms with E-state index < -0.39 is 6.04 Å². The second-order valence-corrected chi connectivity index (χ2v) is 6.93. The van der Waals surface area contributed by atoms with Crippen LogP contribution >= 0.6 is 11.6 Å². The van der Waals surface area contributed by atoms with E-state index in [9.17, 15) is 9.59 Å². The monoisotopic (exact) mass is 373 g/mol. The van der Waals surface area contributed by atoms with Crippen molar-refractivity contribution < 1.29 is 14.3 Å². The summed E-state index contributed by atoms with van der Waals surface area (Å²) in [5.41, 5.74) is 1.22. The fraction of sp³-hybridized carbons (Fsp3) is 0.333. The third kappa shape index (κ3) is 6.19. The van der Waals surface area contributed by atoms with Gasteiger partial charge in [0.25, 0.3) is 5.91 Å². The highest BCUT2D eigenvalue weighted by Gasteiger charge is 2.21. The zero-order chi connectivity index (χ0) is 18.9. The summed E-state index contributed by atoms with van der Waals surface area (Å²) in [7, 11) is 0. The summed E-state index contributed by atoms with van der Waals surface area (Å²) < 4.78 is 5.30. The van der Waals surface area contributed by atoms with Crippen LogP contribution in [0.25, 0.3) is 0 Å². The van der Waals surface area contributed by atoms with Crippen molar-refractivity contribution in [1.29, 1.82) is 0 Å². The van der Waals surface area contributed by atoms with E-state index in [-0.39, 0.29) is 18.3 Å². The van der Waals surface area contributed by atoms with Gasteiger partial charge in [0.15, 0.2) is 0 Å². The van der Waals surface area contributed by atoms with Crippen molar-refractivity contribution in [2.24, 2.45) is 5.92 Å². The van der Waals surface area contributed by atoms with Gasteiger partial charge in [0, 0.05) is 0 Å². The molecule has 0 bridgehead atoms. The average Bonchev–Trinajstić information content (AvgIpc) is 2.62. The van der Waals surface area contributed by atoms with Crippen LogP contribution < -0.4 is 5.32 Å². The highest BCUT2D eigenvalue weighted by Crippen LogP contribution is 2.20. The predicted octanol–water partition coefficient (Wildman–Crippen LogP) is 4.79. The van der Waals surface area contributed by atoms with Crippen molar-refractivity contribution >= 4 is 23.5 Å². The number of hydrogen-bond donors (Lipinski definition) is 1. The van der Waals surface area contributed by atoms with Gasteiger partial charge in [-0.1, -0.05) is 67.9 Å². The van der Waals surface area contributed by atoms with Gasteiger partial charge in [-0.25, -0.2) is 0 Å². The van der Waals surface area contributed by atoms with E-state index in [1.807, 2.05) is 30.3 Å². The molecule has 1 amide bonds. The molecule has 0 aliphatic carbocycles. The van der Waals surface area contributed by atoms with Crippen LogP contribution in [0.1, 0.15) is 48.7 Å². The van der Waals surface area contributed by atoms with Crippen molar-refractivity contribution in [1.82, 2.24) is 5.32 Å². The highest BCUT2D eigenvalue weighted by molar-refractivity contribution is 6.33. The van der Waals surface area contributed by atoms with Gasteiger partial charge in [-0.05, 0) is 30.0 Å². The van der Waals surface area contributed by atoms with Crippen LogP contribution in [-0.2, 0) is 9.53 Å². The molecule has 5 heteroatoms. The summed E-state index contributed by atoms with van der Waals surface area (Å²) in [4.78, 5) is 24.8. The third-order valence-corrected chi connectivity index (χ3v) is 4.28. The Morgan fingerprint density at radius 1 is 1.04 bits per heavy atom. The second-order valence-electron chi connectivity index (χ2n) is 6.52. The fourth-order valence-corrected chi connectivity index (χ4v) is 2.67. The van der Waals surface area contributed by atoms with Gasteiger partial charge < -0.3 is 10.1 Å². The lowest BCUT2D eigenvalue weighted by molar-refractivity contribution is -0.144. The normalized spacial score (nSPS) is 11.8. The number of ether oxygens (including phenoxy) is 1. The largest absolute Gasteiger partial charge is 0.466 e. The zero-order valence-electron chi connectivity index (χ0n) is 15.1. The summed E-state index contributed by atoms with van der Waals surface area (Å²) in [6, 6.07) is 15.7. The Balaban J connectivity index is 2.08. The average molecular weight is 374 g/mol. The maximum Gasteiger partial charge on any atom is 0.308 e. The summed E-state index contributed by atoms with van der Waals surface area (Å²) in [6.07, 6.45) is 0.881. The van der Waals surface area contributed by atoms with Crippen molar-refractivity contribution in [3.8, 4) is 0 Å². The van der Waals surface area contributed by atoms with Crippen LogP contribution in [0.3, 0.4) is 0 Å². The van der Waals surface area contributed by atoms with E-state index >= 15 is 0 Å². The molecule has 0 fully saturated rings. The molecule has 0 spiro atoms. The van der Waals surface area contributed by atoms with E-state index in [1.54, 1.807) is 24.3 Å². The van der Waals surface area contributed by atoms with Gasteiger partial charge in [-0.3, -0.25) is 9.59 Å². The SMILES string of the molecule is CC(C)CCOC(=O)CC(NC(=O)c1ccccc1Cl)c1ccccc1. The maximum atomic E-state index is 12.6. The Labute approximate surface area is 159 Å². The number of nitrogens with one attached hydrogen (secondary N) is 1. The molecule has 0 heterocycles. The number of benzene rings is 2. The Hall–Kier alpha value is -2.33. The Morgan fingerprint density at radius 2 is 1.69 bits per heavy atom. The lowest BCUT2D eigenvalue weighted by atomic mass is 10.0. The van der Waals surface area contributed by atoms with Gasteiger partial charge in [0.1, 0.15) is 0 Å². The van der Waals surface area contributed by atoms with Crippen LogP contribution in [0.2, 0.25) is 5.02 Å². The van der Waals surface area contributed by atoms with Crippen LogP contribution in [0, 0.1) is 5.92 Å². The Morgan fingerprint density at radius 3 is 2.35 bits per heavy atom. The van der Waals surface area contributed by atoms with Gasteiger partial charge in [0.05, 0.1) is 29.7 Å². The molecule has 0 aromatic heterocycles. The molecule has 1 atom stereocenters. The summed E-state index contributed by atoms with van der Waals surface area (Å²) >= 11 is 6.10. The first-order chi connectivity index (χ1) is 12.5. The molecule has 0 saturated heterocycles. The predicted molar refractivity (Wildman–Crippen MR) is 103 cm³/mol. The number of hydrogen-bond acceptors (Lipinski definition) is 3. The zero-order valence-corrected chi connectivity index (χ0v) is 15.8. The van der Waals surface area contributed by atoms with E-state index in [0.717, 1.165) is 12.0 Å². The quantitative estimate of drug-likeness (QED) is 0.677. The Kier molecular flexibility index (Phi) is 7.67. The first-order valence-electron chi connectivity index (χ1n) is 8.73. The minimum Gasteiger partial charge on any atom is -0.466 e. The van der Waals surface area contributed by atoms with E-state index in [2.05, 4.69) is 19.2 Å². The molecule has 2 aromatic rings. The molecule has 0 aliphatic heterocycles. The number of carbonyl (C=O) groups is 2. The molecule has 26 heavy (non-hydrogen) atoms. The topological polar surface area (TPSA) is 55.4 Å². The number of rotatable bonds is 8. The Bertz CT molecular complexity index is 731. The number of esters is 1. The molecule has 0 radical (unpaired) electrons. The summed E-state index contributed by atoms with van der Waals surface area (Å²) in [5, 5.41) is 3.27. The van der Waals surface area contributed by atoms with Crippen molar-refractivity contribution in [2.75, 3.05) is 6.61 Å². The van der Waals surface area contributed by atoms with Gasteiger partial charge in [-0.2, -0.15) is 0 Å². The van der Waals surface area contributed by atoms with E-state index in [0.29, 0.717) is 23.1 Å². The van der Waals surface area contributed by atoms with Crippen LogP contribution in [0.4, 0.5) is 0 Å². The fourth-order valence-electron chi connectivity index (χ4n) is 2.45. The summed E-state index contributed by atoms with van der Waals surface area (Å²) in [5.74, 6) is -0.189. The maximum absolute atomic E-state index is 12.6. The van der Waals surface area contributed by atoms with E-state index in [4.69, 9.17) is 16.3 Å². The number of amides is 1. The van der Waals surface area contributed by atoms with Crippen molar-refractivity contribution in [3.63, 3.8) is 0 Å². The molecule has 0 saturated carbocycles. The molecular weight excluding hydrogens is 350 g/mol.